The summed E-state index contributed by atoms with van der Waals surface area (Å²) in [4.78, 5) is 16.8. The summed E-state index contributed by atoms with van der Waals surface area (Å²) in [6.07, 6.45) is -3.96. The predicted molar refractivity (Wildman–Crippen MR) is 53.7 cm³/mol. The van der Waals surface area contributed by atoms with E-state index in [1.54, 1.807) is 0 Å². The fourth-order valence-electron chi connectivity index (χ4n) is 1.16. The molecule has 0 saturated heterocycles. The zero-order chi connectivity index (χ0) is 11.9. The summed E-state index contributed by atoms with van der Waals surface area (Å²) in [7, 11) is 0. The minimum atomic E-state index is -4.56. The van der Waals surface area contributed by atoms with Gasteiger partial charge in [-0.05, 0) is 0 Å². The van der Waals surface area contributed by atoms with Crippen LogP contribution in [0.1, 0.15) is 5.56 Å². The molecule has 86 valence electrons. The van der Waals surface area contributed by atoms with Crippen LogP contribution < -0.4 is 5.56 Å². The number of rotatable bonds is 1. The SMILES string of the molecule is O=c1[nH]cc(C(F)(F)F)c2sc(SO)nc12. The summed E-state index contributed by atoms with van der Waals surface area (Å²) in [6, 6.07) is 0. The standard InChI is InChI=1S/C7H3F3N2O2S2/c8-7(9,10)2-1-11-5(13)3-4(2)15-6(12-3)16-14/h1,14H,(H,11,13). The average molecular weight is 268 g/mol. The maximum absolute atomic E-state index is 12.6. The highest BCUT2D eigenvalue weighted by Gasteiger charge is 2.34. The van der Waals surface area contributed by atoms with E-state index in [-0.39, 0.29) is 26.6 Å². The quantitative estimate of drug-likeness (QED) is 0.780. The number of halogens is 3. The van der Waals surface area contributed by atoms with E-state index in [1.807, 2.05) is 4.98 Å². The Morgan fingerprint density at radius 3 is 2.75 bits per heavy atom. The number of fused-ring (bicyclic) bond motifs is 1. The predicted octanol–water partition coefficient (Wildman–Crippen LogP) is 2.57. The van der Waals surface area contributed by atoms with Gasteiger partial charge in [-0.3, -0.25) is 4.79 Å². The summed E-state index contributed by atoms with van der Waals surface area (Å²) in [5.74, 6) is 0. The van der Waals surface area contributed by atoms with Gasteiger partial charge in [0.15, 0.2) is 4.34 Å². The number of nitrogens with zero attached hydrogens (tertiary/aromatic N) is 1. The topological polar surface area (TPSA) is 66.0 Å². The molecule has 0 saturated carbocycles. The summed E-state index contributed by atoms with van der Waals surface area (Å²) in [6.45, 7) is 0. The summed E-state index contributed by atoms with van der Waals surface area (Å²) < 4.78 is 46.1. The van der Waals surface area contributed by atoms with Crippen LogP contribution in [0.3, 0.4) is 0 Å². The summed E-state index contributed by atoms with van der Waals surface area (Å²) >= 11 is 0.837. The molecule has 2 aromatic rings. The number of pyridine rings is 1. The fourth-order valence-corrected chi connectivity index (χ4v) is 2.52. The van der Waals surface area contributed by atoms with E-state index in [9.17, 15) is 18.0 Å². The van der Waals surface area contributed by atoms with Gasteiger partial charge in [-0.25, -0.2) is 4.98 Å². The molecule has 0 atom stereocenters. The minimum absolute atomic E-state index is 0.00259. The maximum atomic E-state index is 12.6. The molecule has 0 bridgehead atoms. The normalized spacial score (nSPS) is 12.2. The van der Waals surface area contributed by atoms with Crippen LogP contribution in [0.2, 0.25) is 0 Å². The number of hydrogen-bond acceptors (Lipinski definition) is 5. The molecule has 2 heterocycles. The van der Waals surface area contributed by atoms with Gasteiger partial charge in [0.25, 0.3) is 5.56 Å². The third-order valence-electron chi connectivity index (χ3n) is 1.80. The number of alkyl halides is 3. The van der Waals surface area contributed by atoms with Crippen molar-refractivity contribution in [3.05, 3.63) is 22.1 Å². The molecule has 0 fully saturated rings. The van der Waals surface area contributed by atoms with E-state index >= 15 is 0 Å². The summed E-state index contributed by atoms with van der Waals surface area (Å²) in [5.41, 5.74) is -1.98. The number of H-pyrrole nitrogens is 1. The van der Waals surface area contributed by atoms with Crippen LogP contribution in [0.25, 0.3) is 10.2 Å². The van der Waals surface area contributed by atoms with Crippen molar-refractivity contribution in [1.29, 1.82) is 0 Å². The van der Waals surface area contributed by atoms with Crippen LogP contribution in [0, 0.1) is 0 Å². The fraction of sp³-hybridized carbons (Fsp3) is 0.143. The van der Waals surface area contributed by atoms with Gasteiger partial charge in [0.1, 0.15) is 5.52 Å². The monoisotopic (exact) mass is 268 g/mol. The van der Waals surface area contributed by atoms with Crippen molar-refractivity contribution in [2.24, 2.45) is 0 Å². The second-order valence-electron chi connectivity index (χ2n) is 2.78. The minimum Gasteiger partial charge on any atom is -0.327 e. The molecule has 2 aromatic heterocycles. The Hall–Kier alpha value is -1.06. The largest absolute Gasteiger partial charge is 0.419 e. The second-order valence-corrected chi connectivity index (χ2v) is 4.60. The first-order valence-corrected chi connectivity index (χ1v) is 5.43. The van der Waals surface area contributed by atoms with Crippen molar-refractivity contribution in [3.63, 3.8) is 0 Å². The maximum Gasteiger partial charge on any atom is 0.419 e. The molecule has 2 rings (SSSR count). The van der Waals surface area contributed by atoms with Crippen LogP contribution in [0.5, 0.6) is 0 Å². The molecule has 16 heavy (non-hydrogen) atoms. The average Bonchev–Trinajstić information content (AvgIpc) is 2.60. The second kappa shape index (κ2) is 3.75. The number of thiazole rings is 1. The number of nitrogens with one attached hydrogen (secondary N) is 1. The Morgan fingerprint density at radius 1 is 1.50 bits per heavy atom. The van der Waals surface area contributed by atoms with Crippen LogP contribution in [-0.4, -0.2) is 14.5 Å². The number of aromatic amines is 1. The van der Waals surface area contributed by atoms with Crippen molar-refractivity contribution in [2.45, 2.75) is 10.5 Å². The molecular weight excluding hydrogens is 265 g/mol. The van der Waals surface area contributed by atoms with Gasteiger partial charge in [0, 0.05) is 6.20 Å². The van der Waals surface area contributed by atoms with Gasteiger partial charge in [-0.2, -0.15) is 13.2 Å². The first-order valence-electron chi connectivity index (χ1n) is 3.84. The van der Waals surface area contributed by atoms with Gasteiger partial charge >= 0.3 is 6.18 Å². The van der Waals surface area contributed by atoms with Crippen molar-refractivity contribution >= 4 is 33.6 Å². The zero-order valence-corrected chi connectivity index (χ0v) is 8.96. The van der Waals surface area contributed by atoms with Crippen molar-refractivity contribution in [3.8, 4) is 0 Å². The van der Waals surface area contributed by atoms with Gasteiger partial charge in [-0.15, -0.1) is 11.3 Å². The Labute approximate surface area is 94.3 Å². The van der Waals surface area contributed by atoms with Crippen LogP contribution in [0.15, 0.2) is 15.3 Å². The van der Waals surface area contributed by atoms with Crippen molar-refractivity contribution < 1.29 is 17.7 Å². The van der Waals surface area contributed by atoms with E-state index in [0.29, 0.717) is 17.5 Å². The van der Waals surface area contributed by atoms with E-state index < -0.39 is 17.3 Å². The van der Waals surface area contributed by atoms with Gasteiger partial charge in [-0.1, -0.05) is 0 Å². The molecule has 0 aromatic carbocycles. The Kier molecular flexibility index (Phi) is 2.68. The highest BCUT2D eigenvalue weighted by molar-refractivity contribution is 7.95. The Balaban J connectivity index is 2.83. The molecule has 0 aliphatic heterocycles. The summed E-state index contributed by atoms with van der Waals surface area (Å²) in [5, 5.41) is 0. The highest BCUT2D eigenvalue weighted by Crippen LogP contribution is 2.37. The number of hydrogen-bond donors (Lipinski definition) is 2. The molecular formula is C7H3F3N2O2S2. The van der Waals surface area contributed by atoms with E-state index in [1.165, 1.54) is 0 Å². The van der Waals surface area contributed by atoms with Gasteiger partial charge in [0.05, 0.1) is 22.3 Å². The van der Waals surface area contributed by atoms with E-state index in [4.69, 9.17) is 4.55 Å². The van der Waals surface area contributed by atoms with Crippen molar-refractivity contribution in [1.82, 2.24) is 9.97 Å². The van der Waals surface area contributed by atoms with Crippen LogP contribution in [0.4, 0.5) is 13.2 Å². The molecule has 0 amide bonds. The smallest absolute Gasteiger partial charge is 0.327 e. The third kappa shape index (κ3) is 1.81. The molecule has 0 aliphatic carbocycles. The number of aromatic nitrogens is 2. The Bertz CT molecular complexity index is 589. The van der Waals surface area contributed by atoms with Gasteiger partial charge in [0.2, 0.25) is 0 Å². The zero-order valence-electron chi connectivity index (χ0n) is 7.33. The molecule has 4 nitrogen and oxygen atoms in total. The lowest BCUT2D eigenvalue weighted by Crippen LogP contribution is -2.12. The first-order chi connectivity index (χ1) is 7.43. The van der Waals surface area contributed by atoms with Crippen LogP contribution >= 0.6 is 23.4 Å². The van der Waals surface area contributed by atoms with E-state index in [0.717, 1.165) is 0 Å². The third-order valence-corrected chi connectivity index (χ3v) is 3.40. The lowest BCUT2D eigenvalue weighted by atomic mass is 10.2. The molecule has 0 aliphatic rings. The molecule has 0 spiro atoms. The highest BCUT2D eigenvalue weighted by atomic mass is 32.2. The van der Waals surface area contributed by atoms with Crippen LogP contribution in [-0.2, 0) is 6.18 Å². The van der Waals surface area contributed by atoms with E-state index in [2.05, 4.69) is 4.98 Å². The lowest BCUT2D eigenvalue weighted by molar-refractivity contribution is -0.136. The molecule has 0 radical (unpaired) electrons. The molecule has 9 heteroatoms. The first kappa shape index (κ1) is 11.4. The Morgan fingerprint density at radius 2 is 2.19 bits per heavy atom. The van der Waals surface area contributed by atoms with Crippen molar-refractivity contribution in [2.75, 3.05) is 0 Å². The van der Waals surface area contributed by atoms with Gasteiger partial charge < -0.3 is 9.54 Å². The molecule has 0 unspecified atom stereocenters. The molecule has 2 N–H and O–H groups in total. The lowest BCUT2D eigenvalue weighted by Gasteiger charge is -2.05.